The van der Waals surface area contributed by atoms with E-state index in [0.29, 0.717) is 36.7 Å². The fourth-order valence-electron chi connectivity index (χ4n) is 3.91. The summed E-state index contributed by atoms with van der Waals surface area (Å²) in [4.78, 5) is 21.8. The van der Waals surface area contributed by atoms with E-state index >= 15 is 0 Å². The molecule has 3 rings (SSSR count). The number of pyridine rings is 1. The lowest BCUT2D eigenvalue weighted by molar-refractivity contribution is 0.0656. The van der Waals surface area contributed by atoms with Gasteiger partial charge in [-0.25, -0.2) is 4.98 Å². The maximum atomic E-state index is 13.1. The minimum absolute atomic E-state index is 0.0401. The molecule has 0 saturated carbocycles. The molecule has 2 unspecified atom stereocenters. The third-order valence-electron chi connectivity index (χ3n) is 5.11. The van der Waals surface area contributed by atoms with Crippen molar-refractivity contribution in [3.05, 3.63) is 23.9 Å². The molecular weight excluding hydrogens is 306 g/mol. The minimum atomic E-state index is 0.0401. The first kappa shape index (κ1) is 17.2. The number of ether oxygens (including phenoxy) is 2. The molecular formula is C18H27N3O3. The van der Waals surface area contributed by atoms with Crippen molar-refractivity contribution in [2.75, 3.05) is 40.5 Å². The Bertz CT molecular complexity index is 566. The summed E-state index contributed by atoms with van der Waals surface area (Å²) in [6.45, 7) is 2.81. The zero-order chi connectivity index (χ0) is 16.9. The third-order valence-corrected chi connectivity index (χ3v) is 5.11. The lowest BCUT2D eigenvalue weighted by Crippen LogP contribution is -2.47. The summed E-state index contributed by atoms with van der Waals surface area (Å²) in [6.07, 6.45) is 6.21. The topological polar surface area (TPSA) is 54.9 Å². The van der Waals surface area contributed by atoms with E-state index < -0.39 is 0 Å². The summed E-state index contributed by atoms with van der Waals surface area (Å²) in [7, 11) is 3.79. The Morgan fingerprint density at radius 1 is 1.25 bits per heavy atom. The van der Waals surface area contributed by atoms with E-state index in [2.05, 4.69) is 16.9 Å². The first-order valence-corrected chi connectivity index (χ1v) is 8.80. The Kier molecular flexibility index (Phi) is 5.68. The summed E-state index contributed by atoms with van der Waals surface area (Å²) in [5.74, 6) is 0.447. The second kappa shape index (κ2) is 7.94. The Morgan fingerprint density at radius 3 is 2.79 bits per heavy atom. The van der Waals surface area contributed by atoms with E-state index in [1.54, 1.807) is 19.4 Å². The molecule has 2 aliphatic heterocycles. The van der Waals surface area contributed by atoms with Crippen molar-refractivity contribution in [3.8, 4) is 5.88 Å². The molecule has 1 aromatic heterocycles. The van der Waals surface area contributed by atoms with Crippen LogP contribution in [0.4, 0.5) is 0 Å². The van der Waals surface area contributed by atoms with Crippen LogP contribution in [0.5, 0.6) is 5.88 Å². The number of likely N-dealkylation sites (N-methyl/N-ethyl adjacent to an activating group) is 1. The Balaban J connectivity index is 1.75. The van der Waals surface area contributed by atoms with Gasteiger partial charge in [0.1, 0.15) is 12.2 Å². The van der Waals surface area contributed by atoms with E-state index in [0.717, 1.165) is 25.9 Å². The average Bonchev–Trinajstić information content (AvgIpc) is 3.23. The van der Waals surface area contributed by atoms with Crippen LogP contribution in [0.3, 0.4) is 0 Å². The van der Waals surface area contributed by atoms with Gasteiger partial charge in [0.2, 0.25) is 5.88 Å². The molecule has 0 bridgehead atoms. The third kappa shape index (κ3) is 3.54. The van der Waals surface area contributed by atoms with E-state index in [9.17, 15) is 4.79 Å². The van der Waals surface area contributed by atoms with Crippen molar-refractivity contribution in [3.63, 3.8) is 0 Å². The number of methoxy groups -OCH3 is 1. The number of hydrogen-bond donors (Lipinski definition) is 0. The number of amides is 1. The van der Waals surface area contributed by atoms with E-state index in [-0.39, 0.29) is 5.91 Å². The predicted molar refractivity (Wildman–Crippen MR) is 91.3 cm³/mol. The van der Waals surface area contributed by atoms with Crippen LogP contribution >= 0.6 is 0 Å². The molecule has 0 radical (unpaired) electrons. The molecule has 2 fully saturated rings. The number of carbonyl (C=O) groups excluding carboxylic acids is 1. The molecule has 6 nitrogen and oxygen atoms in total. The fraction of sp³-hybridized carbons (Fsp3) is 0.667. The summed E-state index contributed by atoms with van der Waals surface area (Å²) in [6, 6.07) is 4.39. The van der Waals surface area contributed by atoms with Crippen LogP contribution in [0.25, 0.3) is 0 Å². The number of nitrogens with zero attached hydrogens (tertiary/aromatic N) is 3. The first-order chi connectivity index (χ1) is 11.7. The van der Waals surface area contributed by atoms with Crippen LogP contribution < -0.4 is 4.74 Å². The van der Waals surface area contributed by atoms with Crippen LogP contribution in [-0.4, -0.2) is 73.2 Å². The maximum Gasteiger partial charge on any atom is 0.259 e. The van der Waals surface area contributed by atoms with Crippen molar-refractivity contribution >= 4 is 5.91 Å². The maximum absolute atomic E-state index is 13.1. The number of likely N-dealkylation sites (tertiary alicyclic amines) is 2. The van der Waals surface area contributed by atoms with Crippen LogP contribution in [0.2, 0.25) is 0 Å². The van der Waals surface area contributed by atoms with Crippen molar-refractivity contribution in [2.24, 2.45) is 0 Å². The molecule has 6 heteroatoms. The van der Waals surface area contributed by atoms with Crippen LogP contribution in [0, 0.1) is 0 Å². The van der Waals surface area contributed by atoms with Gasteiger partial charge in [-0.1, -0.05) is 0 Å². The molecule has 2 atom stereocenters. The standard InChI is InChI=1S/C18H27N3O3/c1-20-10-4-7-15(20)16-8-5-11-21(16)18(22)14-6-3-9-19-17(14)24-13-12-23-2/h3,6,9,15-16H,4-5,7-8,10-13H2,1-2H3. The molecule has 1 aromatic rings. The summed E-state index contributed by atoms with van der Waals surface area (Å²) < 4.78 is 10.7. The van der Waals surface area contributed by atoms with Gasteiger partial charge in [0, 0.05) is 31.9 Å². The lowest BCUT2D eigenvalue weighted by atomic mass is 10.0. The Labute approximate surface area is 143 Å². The molecule has 0 N–H and O–H groups in total. The molecule has 0 aliphatic carbocycles. The van der Waals surface area contributed by atoms with Crippen LogP contribution in [0.1, 0.15) is 36.0 Å². The van der Waals surface area contributed by atoms with E-state index in [4.69, 9.17) is 9.47 Å². The van der Waals surface area contributed by atoms with Crippen LogP contribution in [0.15, 0.2) is 18.3 Å². The van der Waals surface area contributed by atoms with Gasteiger partial charge < -0.3 is 19.3 Å². The molecule has 2 saturated heterocycles. The van der Waals surface area contributed by atoms with Gasteiger partial charge in [0.25, 0.3) is 5.91 Å². The fourth-order valence-corrected chi connectivity index (χ4v) is 3.91. The van der Waals surface area contributed by atoms with Gasteiger partial charge in [0.05, 0.1) is 6.61 Å². The minimum Gasteiger partial charge on any atom is -0.475 e. The predicted octanol–water partition coefficient (Wildman–Crippen LogP) is 1.81. The highest BCUT2D eigenvalue weighted by Gasteiger charge is 2.39. The number of aromatic nitrogens is 1. The van der Waals surface area contributed by atoms with Gasteiger partial charge in [-0.3, -0.25) is 4.79 Å². The highest BCUT2D eigenvalue weighted by molar-refractivity contribution is 5.96. The second-order valence-electron chi connectivity index (χ2n) is 6.60. The van der Waals surface area contributed by atoms with Gasteiger partial charge >= 0.3 is 0 Å². The van der Waals surface area contributed by atoms with Gasteiger partial charge in [0.15, 0.2) is 0 Å². The molecule has 132 valence electrons. The van der Waals surface area contributed by atoms with Gasteiger partial charge in [-0.05, 0) is 51.4 Å². The number of carbonyl (C=O) groups is 1. The van der Waals surface area contributed by atoms with E-state index in [1.807, 2.05) is 11.0 Å². The second-order valence-corrected chi connectivity index (χ2v) is 6.60. The van der Waals surface area contributed by atoms with Gasteiger partial charge in [-0.15, -0.1) is 0 Å². The van der Waals surface area contributed by atoms with Crippen LogP contribution in [-0.2, 0) is 4.74 Å². The van der Waals surface area contributed by atoms with Crippen molar-refractivity contribution in [2.45, 2.75) is 37.8 Å². The largest absolute Gasteiger partial charge is 0.475 e. The first-order valence-electron chi connectivity index (χ1n) is 8.80. The summed E-state index contributed by atoms with van der Waals surface area (Å²) in [5, 5.41) is 0. The van der Waals surface area contributed by atoms with Gasteiger partial charge in [-0.2, -0.15) is 0 Å². The molecule has 24 heavy (non-hydrogen) atoms. The average molecular weight is 333 g/mol. The Hall–Kier alpha value is -1.66. The SMILES string of the molecule is COCCOc1ncccc1C(=O)N1CCCC1C1CCCN1C. The normalized spacial score (nSPS) is 24.5. The quantitative estimate of drug-likeness (QED) is 0.743. The molecule has 0 aromatic carbocycles. The Morgan fingerprint density at radius 2 is 2.04 bits per heavy atom. The monoisotopic (exact) mass is 333 g/mol. The highest BCUT2D eigenvalue weighted by Crippen LogP contribution is 2.31. The zero-order valence-corrected chi connectivity index (χ0v) is 14.6. The zero-order valence-electron chi connectivity index (χ0n) is 14.6. The molecule has 0 spiro atoms. The smallest absolute Gasteiger partial charge is 0.259 e. The lowest BCUT2D eigenvalue weighted by Gasteiger charge is -2.33. The van der Waals surface area contributed by atoms with Crippen molar-refractivity contribution in [1.82, 2.24) is 14.8 Å². The summed E-state index contributed by atoms with van der Waals surface area (Å²) in [5.41, 5.74) is 0.557. The summed E-state index contributed by atoms with van der Waals surface area (Å²) >= 11 is 0. The van der Waals surface area contributed by atoms with Crippen molar-refractivity contribution in [1.29, 1.82) is 0 Å². The molecule has 2 aliphatic rings. The molecule has 1 amide bonds. The number of rotatable bonds is 6. The molecule has 3 heterocycles. The van der Waals surface area contributed by atoms with E-state index in [1.165, 1.54) is 12.8 Å². The number of hydrogen-bond acceptors (Lipinski definition) is 5. The van der Waals surface area contributed by atoms with Crippen molar-refractivity contribution < 1.29 is 14.3 Å². The highest BCUT2D eigenvalue weighted by atomic mass is 16.5.